The van der Waals surface area contributed by atoms with E-state index in [1.165, 1.54) is 12.3 Å². The van der Waals surface area contributed by atoms with Gasteiger partial charge in [0.1, 0.15) is 0 Å². The van der Waals surface area contributed by atoms with E-state index in [9.17, 15) is 0 Å². The Labute approximate surface area is 86.2 Å². The van der Waals surface area contributed by atoms with Gasteiger partial charge in [0, 0.05) is 12.3 Å². The van der Waals surface area contributed by atoms with Gasteiger partial charge in [-0.15, -0.1) is 0 Å². The van der Waals surface area contributed by atoms with Crippen molar-refractivity contribution in [3.63, 3.8) is 0 Å². The second kappa shape index (κ2) is 2.59. The SMILES string of the molecule is CC12CP(c3ccccc3)CC1(C)O2. The van der Waals surface area contributed by atoms with E-state index < -0.39 is 0 Å². The van der Waals surface area contributed by atoms with Gasteiger partial charge in [0.2, 0.25) is 0 Å². The number of rotatable bonds is 1. The molecular weight excluding hydrogens is 191 g/mol. The van der Waals surface area contributed by atoms with E-state index in [2.05, 4.69) is 44.2 Å². The maximum atomic E-state index is 5.80. The maximum Gasteiger partial charge on any atom is 0.0994 e. The lowest BCUT2D eigenvalue weighted by Gasteiger charge is -2.14. The van der Waals surface area contributed by atoms with Crippen LogP contribution >= 0.6 is 7.92 Å². The van der Waals surface area contributed by atoms with Crippen LogP contribution in [0.3, 0.4) is 0 Å². The monoisotopic (exact) mass is 206 g/mol. The summed E-state index contributed by atoms with van der Waals surface area (Å²) in [7, 11) is 0.0480. The van der Waals surface area contributed by atoms with Crippen LogP contribution in [0.2, 0.25) is 0 Å². The Morgan fingerprint density at radius 1 is 1.07 bits per heavy atom. The zero-order valence-electron chi connectivity index (χ0n) is 8.66. The molecule has 2 heterocycles. The fourth-order valence-corrected chi connectivity index (χ4v) is 5.80. The Hall–Kier alpha value is -0.390. The first kappa shape index (κ1) is 8.88. The summed E-state index contributed by atoms with van der Waals surface area (Å²) in [5.74, 6) is 0. The smallest absolute Gasteiger partial charge is 0.0994 e. The highest BCUT2D eigenvalue weighted by molar-refractivity contribution is 7.66. The summed E-state index contributed by atoms with van der Waals surface area (Å²) in [5, 5.41) is 1.54. The molecule has 2 aliphatic rings. The van der Waals surface area contributed by atoms with Crippen LogP contribution in [-0.2, 0) is 4.74 Å². The van der Waals surface area contributed by atoms with Crippen LogP contribution in [0.15, 0.2) is 30.3 Å². The lowest BCUT2D eigenvalue weighted by molar-refractivity contribution is 0.292. The molecule has 0 amide bonds. The molecule has 1 aromatic carbocycles. The third-order valence-electron chi connectivity index (χ3n) is 3.63. The molecule has 2 fully saturated rings. The summed E-state index contributed by atoms with van der Waals surface area (Å²) in [6, 6.07) is 10.9. The van der Waals surface area contributed by atoms with Crippen molar-refractivity contribution in [1.82, 2.24) is 0 Å². The van der Waals surface area contributed by atoms with Crippen LogP contribution in [0.25, 0.3) is 0 Å². The highest BCUT2D eigenvalue weighted by Crippen LogP contribution is 2.65. The van der Waals surface area contributed by atoms with Crippen molar-refractivity contribution in [2.75, 3.05) is 12.3 Å². The van der Waals surface area contributed by atoms with Gasteiger partial charge in [-0.1, -0.05) is 38.3 Å². The molecule has 0 aromatic heterocycles. The van der Waals surface area contributed by atoms with Gasteiger partial charge >= 0.3 is 0 Å². The molecule has 0 radical (unpaired) electrons. The number of hydrogen-bond donors (Lipinski definition) is 0. The molecule has 2 heteroatoms. The minimum atomic E-state index is 0.0480. The lowest BCUT2D eigenvalue weighted by atomic mass is 10.0. The van der Waals surface area contributed by atoms with Gasteiger partial charge in [-0.25, -0.2) is 0 Å². The third-order valence-corrected chi connectivity index (χ3v) is 6.63. The van der Waals surface area contributed by atoms with Crippen molar-refractivity contribution in [2.45, 2.75) is 25.0 Å². The van der Waals surface area contributed by atoms with E-state index in [0.29, 0.717) is 0 Å². The fraction of sp³-hybridized carbons (Fsp3) is 0.500. The highest BCUT2D eigenvalue weighted by Gasteiger charge is 2.68. The summed E-state index contributed by atoms with van der Waals surface area (Å²) >= 11 is 0. The molecule has 0 saturated carbocycles. The second-order valence-corrected chi connectivity index (χ2v) is 6.98. The van der Waals surface area contributed by atoms with Gasteiger partial charge in [0.15, 0.2) is 0 Å². The van der Waals surface area contributed by atoms with Crippen LogP contribution in [0, 0.1) is 0 Å². The van der Waals surface area contributed by atoms with Gasteiger partial charge in [-0.05, 0) is 19.2 Å². The molecule has 2 saturated heterocycles. The van der Waals surface area contributed by atoms with Gasteiger partial charge in [0.25, 0.3) is 0 Å². The van der Waals surface area contributed by atoms with Crippen molar-refractivity contribution in [3.05, 3.63) is 30.3 Å². The number of ether oxygens (including phenoxy) is 1. The Bertz CT molecular complexity index is 348. The molecule has 2 atom stereocenters. The van der Waals surface area contributed by atoms with Crippen molar-refractivity contribution in [3.8, 4) is 0 Å². The van der Waals surface area contributed by atoms with E-state index in [0.717, 1.165) is 0 Å². The van der Waals surface area contributed by atoms with Crippen molar-refractivity contribution < 1.29 is 4.74 Å². The number of epoxide rings is 1. The van der Waals surface area contributed by atoms with E-state index in [4.69, 9.17) is 4.74 Å². The molecule has 1 aromatic rings. The van der Waals surface area contributed by atoms with Crippen LogP contribution in [0.4, 0.5) is 0 Å². The van der Waals surface area contributed by atoms with Gasteiger partial charge in [-0.2, -0.15) is 0 Å². The molecule has 1 nitrogen and oxygen atoms in total. The van der Waals surface area contributed by atoms with Gasteiger partial charge in [0.05, 0.1) is 11.2 Å². The standard InChI is InChI=1S/C12H15OP/c1-11-8-14(9-12(11,2)13-11)10-6-4-3-5-7-10/h3-7H,8-9H2,1-2H3. The molecule has 14 heavy (non-hydrogen) atoms. The van der Waals surface area contributed by atoms with Crippen molar-refractivity contribution in [2.24, 2.45) is 0 Å². The van der Waals surface area contributed by atoms with E-state index in [1.54, 1.807) is 5.30 Å². The zero-order chi connectivity index (χ0) is 9.81. The molecule has 0 N–H and O–H groups in total. The number of hydrogen-bond acceptors (Lipinski definition) is 1. The molecule has 2 unspecified atom stereocenters. The van der Waals surface area contributed by atoms with E-state index in [-0.39, 0.29) is 19.1 Å². The molecule has 2 aliphatic heterocycles. The normalized spacial score (nSPS) is 44.9. The molecule has 0 bridgehead atoms. The minimum absolute atomic E-state index is 0.0480. The molecule has 3 rings (SSSR count). The Kier molecular flexibility index (Phi) is 1.64. The third kappa shape index (κ3) is 1.09. The molecule has 0 aliphatic carbocycles. The number of fused-ring (bicyclic) bond motifs is 1. The van der Waals surface area contributed by atoms with Crippen molar-refractivity contribution >= 4 is 13.2 Å². The van der Waals surface area contributed by atoms with Crippen LogP contribution in [0.1, 0.15) is 13.8 Å². The summed E-state index contributed by atoms with van der Waals surface area (Å²) in [4.78, 5) is 0. The highest BCUT2D eigenvalue weighted by atomic mass is 31.1. The predicted octanol–water partition coefficient (Wildman–Crippen LogP) is 2.36. The average Bonchev–Trinajstić information content (AvgIpc) is 2.58. The molecule has 74 valence electrons. The topological polar surface area (TPSA) is 12.5 Å². The Morgan fingerprint density at radius 2 is 1.64 bits per heavy atom. The van der Waals surface area contributed by atoms with E-state index >= 15 is 0 Å². The Balaban J connectivity index is 1.85. The van der Waals surface area contributed by atoms with E-state index in [1.807, 2.05) is 0 Å². The van der Waals surface area contributed by atoms with Crippen LogP contribution in [-0.4, -0.2) is 23.5 Å². The average molecular weight is 206 g/mol. The predicted molar refractivity (Wildman–Crippen MR) is 60.6 cm³/mol. The first-order valence-corrected chi connectivity index (χ1v) is 6.84. The summed E-state index contributed by atoms with van der Waals surface area (Å²) in [6.07, 6.45) is 2.51. The molecule has 0 spiro atoms. The second-order valence-electron chi connectivity index (χ2n) is 4.76. The van der Waals surface area contributed by atoms with Gasteiger partial charge < -0.3 is 4.74 Å². The quantitative estimate of drug-likeness (QED) is 0.507. The maximum absolute atomic E-state index is 5.80. The van der Waals surface area contributed by atoms with Gasteiger partial charge in [-0.3, -0.25) is 0 Å². The minimum Gasteiger partial charge on any atom is -0.362 e. The first-order chi connectivity index (χ1) is 6.63. The van der Waals surface area contributed by atoms with Crippen LogP contribution in [0.5, 0.6) is 0 Å². The fourth-order valence-electron chi connectivity index (χ4n) is 2.48. The Morgan fingerprint density at radius 3 is 2.21 bits per heavy atom. The summed E-state index contributed by atoms with van der Waals surface area (Å²) < 4.78 is 5.80. The number of benzene rings is 1. The zero-order valence-corrected chi connectivity index (χ0v) is 9.55. The lowest BCUT2D eigenvalue weighted by Crippen LogP contribution is -2.15. The summed E-state index contributed by atoms with van der Waals surface area (Å²) in [6.45, 7) is 4.52. The van der Waals surface area contributed by atoms with Crippen molar-refractivity contribution in [1.29, 1.82) is 0 Å². The molecular formula is C12H15OP. The van der Waals surface area contributed by atoms with Crippen LogP contribution < -0.4 is 5.30 Å². The summed E-state index contributed by atoms with van der Waals surface area (Å²) in [5.41, 5.74) is 0.406. The first-order valence-electron chi connectivity index (χ1n) is 5.13. The largest absolute Gasteiger partial charge is 0.362 e.